The number of anilines is 1. The summed E-state index contributed by atoms with van der Waals surface area (Å²) < 4.78 is 3.17. The topological polar surface area (TPSA) is 29.9 Å². The van der Waals surface area contributed by atoms with Crippen molar-refractivity contribution in [2.75, 3.05) is 5.32 Å². The molecule has 0 amide bonds. The van der Waals surface area contributed by atoms with E-state index in [1.807, 2.05) is 17.9 Å². The zero-order valence-electron chi connectivity index (χ0n) is 11.3. The molecule has 1 unspecified atom stereocenters. The van der Waals surface area contributed by atoms with Gasteiger partial charge < -0.3 is 5.32 Å². The molecule has 1 N–H and O–H groups in total. The van der Waals surface area contributed by atoms with Crippen LogP contribution in [0.1, 0.15) is 35.7 Å². The summed E-state index contributed by atoms with van der Waals surface area (Å²) in [6.07, 6.45) is 5.53. The molecule has 3 nitrogen and oxygen atoms in total. The second-order valence-electron chi connectivity index (χ2n) is 5.20. The van der Waals surface area contributed by atoms with Crippen LogP contribution in [-0.2, 0) is 13.5 Å². The maximum atomic E-state index is 4.40. The zero-order valence-corrected chi connectivity index (χ0v) is 12.9. The average Bonchev–Trinajstić information content (AvgIpc) is 2.78. The van der Waals surface area contributed by atoms with Gasteiger partial charge in [0.1, 0.15) is 0 Å². The Morgan fingerprint density at radius 1 is 1.42 bits per heavy atom. The normalized spacial score (nSPS) is 18.2. The number of halogens is 1. The first-order chi connectivity index (χ1) is 9.16. The van der Waals surface area contributed by atoms with E-state index < -0.39 is 0 Å². The summed E-state index contributed by atoms with van der Waals surface area (Å²) in [6, 6.07) is 6.71. The third kappa shape index (κ3) is 2.29. The van der Waals surface area contributed by atoms with E-state index in [2.05, 4.69) is 51.5 Å². The fourth-order valence-electron chi connectivity index (χ4n) is 2.80. The second-order valence-corrected chi connectivity index (χ2v) is 5.99. The average molecular weight is 320 g/mol. The van der Waals surface area contributed by atoms with E-state index in [4.69, 9.17) is 0 Å². The molecular formula is C15H18BrN3. The van der Waals surface area contributed by atoms with Crippen LogP contribution in [0.4, 0.5) is 5.69 Å². The van der Waals surface area contributed by atoms with Gasteiger partial charge in [0, 0.05) is 28.5 Å². The Morgan fingerprint density at radius 3 is 3.11 bits per heavy atom. The van der Waals surface area contributed by atoms with Gasteiger partial charge in [-0.2, -0.15) is 5.10 Å². The van der Waals surface area contributed by atoms with Gasteiger partial charge in [-0.05, 0) is 53.7 Å². The third-order valence-electron chi connectivity index (χ3n) is 3.90. The van der Waals surface area contributed by atoms with Crippen LogP contribution < -0.4 is 5.32 Å². The summed E-state index contributed by atoms with van der Waals surface area (Å²) in [4.78, 5) is 0. The van der Waals surface area contributed by atoms with E-state index in [0.29, 0.717) is 6.04 Å². The maximum absolute atomic E-state index is 4.40. The number of aromatic nitrogens is 2. The van der Waals surface area contributed by atoms with Crippen molar-refractivity contribution in [3.63, 3.8) is 0 Å². The number of nitrogens with zero attached hydrogens (tertiary/aromatic N) is 2. The minimum atomic E-state index is 0.371. The highest BCUT2D eigenvalue weighted by atomic mass is 79.9. The van der Waals surface area contributed by atoms with Crippen molar-refractivity contribution in [3.8, 4) is 0 Å². The first kappa shape index (κ1) is 12.7. The van der Waals surface area contributed by atoms with Crippen molar-refractivity contribution < 1.29 is 0 Å². The Labute approximate surface area is 122 Å². The SMILES string of the molecule is Cc1cccc(NC2CCCc3c2cnn3C)c1Br. The number of hydrogen-bond acceptors (Lipinski definition) is 2. The lowest BCUT2D eigenvalue weighted by Gasteiger charge is -2.25. The van der Waals surface area contributed by atoms with E-state index in [-0.39, 0.29) is 0 Å². The standard InChI is InChI=1S/C15H18BrN3/c1-10-5-3-7-13(15(10)16)18-12-6-4-8-14-11(12)9-17-19(14)2/h3,5,7,9,12,18H,4,6,8H2,1-2H3. The van der Waals surface area contributed by atoms with Crippen LogP contribution in [0.2, 0.25) is 0 Å². The van der Waals surface area contributed by atoms with E-state index >= 15 is 0 Å². The van der Waals surface area contributed by atoms with Crippen molar-refractivity contribution in [2.24, 2.45) is 7.05 Å². The third-order valence-corrected chi connectivity index (χ3v) is 4.95. The summed E-state index contributed by atoms with van der Waals surface area (Å²) >= 11 is 3.67. The summed E-state index contributed by atoms with van der Waals surface area (Å²) in [7, 11) is 2.03. The lowest BCUT2D eigenvalue weighted by Crippen LogP contribution is -2.18. The Balaban J connectivity index is 1.91. The molecule has 1 aromatic carbocycles. The van der Waals surface area contributed by atoms with E-state index in [9.17, 15) is 0 Å². The second kappa shape index (κ2) is 5.00. The van der Waals surface area contributed by atoms with Gasteiger partial charge in [-0.15, -0.1) is 0 Å². The summed E-state index contributed by atoms with van der Waals surface area (Å²) in [5, 5.41) is 8.05. The monoisotopic (exact) mass is 319 g/mol. The Hall–Kier alpha value is -1.29. The highest BCUT2D eigenvalue weighted by Crippen LogP contribution is 2.35. The zero-order chi connectivity index (χ0) is 13.4. The molecule has 100 valence electrons. The Bertz CT molecular complexity index is 603. The lowest BCUT2D eigenvalue weighted by atomic mass is 9.93. The minimum Gasteiger partial charge on any atom is -0.377 e. The first-order valence-corrected chi connectivity index (χ1v) is 7.48. The molecule has 2 aromatic rings. The van der Waals surface area contributed by atoms with Crippen LogP contribution in [-0.4, -0.2) is 9.78 Å². The summed E-state index contributed by atoms with van der Waals surface area (Å²) in [6.45, 7) is 2.12. The van der Waals surface area contributed by atoms with Crippen LogP contribution in [0.5, 0.6) is 0 Å². The fraction of sp³-hybridized carbons (Fsp3) is 0.400. The number of rotatable bonds is 2. The predicted molar refractivity (Wildman–Crippen MR) is 81.4 cm³/mol. The highest BCUT2D eigenvalue weighted by Gasteiger charge is 2.23. The number of nitrogens with one attached hydrogen (secondary N) is 1. The molecule has 1 aliphatic carbocycles. The smallest absolute Gasteiger partial charge is 0.0548 e. The van der Waals surface area contributed by atoms with Crippen LogP contribution in [0.25, 0.3) is 0 Å². The molecule has 19 heavy (non-hydrogen) atoms. The van der Waals surface area contributed by atoms with Gasteiger partial charge in [-0.3, -0.25) is 4.68 Å². The summed E-state index contributed by atoms with van der Waals surface area (Å²) in [5.41, 5.74) is 5.14. The van der Waals surface area contributed by atoms with Gasteiger partial charge in [0.25, 0.3) is 0 Å². The van der Waals surface area contributed by atoms with Crippen molar-refractivity contribution in [2.45, 2.75) is 32.2 Å². The van der Waals surface area contributed by atoms with Gasteiger partial charge in [0.05, 0.1) is 12.2 Å². The number of hydrogen-bond donors (Lipinski definition) is 1. The van der Waals surface area contributed by atoms with Gasteiger partial charge in [-0.25, -0.2) is 0 Å². The molecule has 0 saturated carbocycles. The highest BCUT2D eigenvalue weighted by molar-refractivity contribution is 9.10. The molecule has 3 rings (SSSR count). The minimum absolute atomic E-state index is 0.371. The van der Waals surface area contributed by atoms with E-state index in [0.717, 1.165) is 10.9 Å². The summed E-state index contributed by atoms with van der Waals surface area (Å²) in [5.74, 6) is 0. The van der Waals surface area contributed by atoms with Gasteiger partial charge in [0.2, 0.25) is 0 Å². The predicted octanol–water partition coefficient (Wildman–Crippen LogP) is 3.98. The number of aryl methyl sites for hydroxylation is 2. The van der Waals surface area contributed by atoms with Crippen molar-refractivity contribution >= 4 is 21.6 Å². The van der Waals surface area contributed by atoms with Crippen LogP contribution in [0.15, 0.2) is 28.9 Å². The van der Waals surface area contributed by atoms with Crippen LogP contribution in [0.3, 0.4) is 0 Å². The molecule has 4 heteroatoms. The molecule has 1 aromatic heterocycles. The van der Waals surface area contributed by atoms with Crippen molar-refractivity contribution in [1.29, 1.82) is 0 Å². The van der Waals surface area contributed by atoms with Gasteiger partial charge in [0.15, 0.2) is 0 Å². The molecule has 0 radical (unpaired) electrons. The van der Waals surface area contributed by atoms with E-state index in [1.54, 1.807) is 0 Å². The molecule has 1 atom stereocenters. The Kier molecular flexibility index (Phi) is 3.35. The number of fused-ring (bicyclic) bond motifs is 1. The fourth-order valence-corrected chi connectivity index (χ4v) is 3.18. The molecule has 0 bridgehead atoms. The van der Waals surface area contributed by atoms with Gasteiger partial charge >= 0.3 is 0 Å². The molecule has 1 aliphatic rings. The van der Waals surface area contributed by atoms with E-state index in [1.165, 1.54) is 35.3 Å². The lowest BCUT2D eigenvalue weighted by molar-refractivity contribution is 0.571. The van der Waals surface area contributed by atoms with Gasteiger partial charge in [-0.1, -0.05) is 12.1 Å². The molecule has 0 spiro atoms. The van der Waals surface area contributed by atoms with Crippen LogP contribution in [0, 0.1) is 6.92 Å². The van der Waals surface area contributed by atoms with Crippen LogP contribution >= 0.6 is 15.9 Å². The molecule has 0 aliphatic heterocycles. The molecule has 0 saturated heterocycles. The molecule has 1 heterocycles. The number of benzene rings is 1. The largest absolute Gasteiger partial charge is 0.377 e. The molecule has 0 fully saturated rings. The Morgan fingerprint density at radius 2 is 2.26 bits per heavy atom. The molecular weight excluding hydrogens is 302 g/mol. The maximum Gasteiger partial charge on any atom is 0.0548 e. The quantitative estimate of drug-likeness (QED) is 0.907. The van der Waals surface area contributed by atoms with Crippen molar-refractivity contribution in [3.05, 3.63) is 45.7 Å². The first-order valence-electron chi connectivity index (χ1n) is 6.69. The van der Waals surface area contributed by atoms with Crippen molar-refractivity contribution in [1.82, 2.24) is 9.78 Å².